The van der Waals surface area contributed by atoms with E-state index in [1.807, 2.05) is 0 Å². The second kappa shape index (κ2) is 19.9. The van der Waals surface area contributed by atoms with Crippen molar-refractivity contribution in [2.24, 2.45) is 51.5 Å². The van der Waals surface area contributed by atoms with Crippen molar-refractivity contribution in [3.63, 3.8) is 0 Å². The van der Waals surface area contributed by atoms with Crippen molar-refractivity contribution in [1.29, 1.82) is 0 Å². The number of nitrogens with one attached hydrogen (secondary N) is 1. The second-order valence-corrected chi connectivity index (χ2v) is 17.1. The SMILES string of the molecule is C[C@H](CCC(=O)OCCOCCOCCN=[N+]=[N-])[C@H]1CC[C@H]2[C@@H]3CC[C@@H]4C[C@H](OC(=O)[C@H](CC(=O)O)NC(=O)c5ccc([N+](=O)[O-])cc5)CC[C@]4(C)[C@H]3CC[C@]12C. The highest BCUT2D eigenvalue weighted by molar-refractivity contribution is 5.97. The largest absolute Gasteiger partial charge is 0.481 e. The van der Waals surface area contributed by atoms with Crippen LogP contribution in [0.4, 0.5) is 5.69 Å². The van der Waals surface area contributed by atoms with E-state index in [0.29, 0.717) is 81.2 Å². The number of esters is 2. The molecule has 4 saturated carbocycles. The minimum atomic E-state index is -1.39. The number of nitro benzene ring substituents is 1. The fourth-order valence-corrected chi connectivity index (χ4v) is 11.2. The molecule has 16 heteroatoms. The molecule has 314 valence electrons. The number of rotatable bonds is 20. The predicted molar refractivity (Wildman–Crippen MR) is 207 cm³/mol. The van der Waals surface area contributed by atoms with Gasteiger partial charge in [-0.25, -0.2) is 4.79 Å². The molecule has 4 aliphatic carbocycles. The lowest BCUT2D eigenvalue weighted by Gasteiger charge is -2.61. The number of azide groups is 1. The van der Waals surface area contributed by atoms with E-state index in [4.69, 9.17) is 24.5 Å². The van der Waals surface area contributed by atoms with Crippen LogP contribution in [0.1, 0.15) is 108 Å². The third-order valence-electron chi connectivity index (χ3n) is 14.0. The highest BCUT2D eigenvalue weighted by Crippen LogP contribution is 2.68. The average Bonchev–Trinajstić information content (AvgIpc) is 3.54. The lowest BCUT2D eigenvalue weighted by Crippen LogP contribution is -2.54. The molecule has 2 N–H and O–H groups in total. The molecule has 57 heavy (non-hydrogen) atoms. The van der Waals surface area contributed by atoms with Crippen LogP contribution < -0.4 is 5.32 Å². The number of carboxylic acid groups (broad SMARTS) is 1. The summed E-state index contributed by atoms with van der Waals surface area (Å²) in [6.45, 7) is 9.11. The van der Waals surface area contributed by atoms with Crippen LogP contribution in [0.3, 0.4) is 0 Å². The number of amides is 1. The molecule has 0 aromatic heterocycles. The average molecular weight is 798 g/mol. The molecule has 0 saturated heterocycles. The highest BCUT2D eigenvalue weighted by Gasteiger charge is 2.60. The van der Waals surface area contributed by atoms with E-state index >= 15 is 0 Å². The first kappa shape index (κ1) is 43.8. The smallest absolute Gasteiger partial charge is 0.329 e. The quantitative estimate of drug-likeness (QED) is 0.0258. The summed E-state index contributed by atoms with van der Waals surface area (Å²) in [6.07, 6.45) is 9.37. The van der Waals surface area contributed by atoms with Crippen molar-refractivity contribution >= 4 is 29.5 Å². The molecule has 5 rings (SSSR count). The van der Waals surface area contributed by atoms with Crippen molar-refractivity contribution < 1.29 is 48.2 Å². The van der Waals surface area contributed by atoms with Gasteiger partial charge in [-0.2, -0.15) is 0 Å². The molecule has 0 unspecified atom stereocenters. The maximum absolute atomic E-state index is 13.3. The van der Waals surface area contributed by atoms with Crippen LogP contribution in [0.15, 0.2) is 29.4 Å². The third kappa shape index (κ3) is 10.8. The zero-order valence-electron chi connectivity index (χ0n) is 33.5. The van der Waals surface area contributed by atoms with Crippen LogP contribution >= 0.6 is 0 Å². The summed E-state index contributed by atoms with van der Waals surface area (Å²) in [5, 5.41) is 26.4. The fourth-order valence-electron chi connectivity index (χ4n) is 11.2. The summed E-state index contributed by atoms with van der Waals surface area (Å²) >= 11 is 0. The topological polar surface area (TPSA) is 229 Å². The van der Waals surface area contributed by atoms with Gasteiger partial charge in [0.05, 0.1) is 37.8 Å². The fraction of sp³-hybridized carbons (Fsp3) is 0.756. The molecule has 1 aromatic carbocycles. The van der Waals surface area contributed by atoms with Crippen molar-refractivity contribution in [3.05, 3.63) is 50.4 Å². The van der Waals surface area contributed by atoms with Crippen LogP contribution in [-0.4, -0.2) is 85.6 Å². The highest BCUT2D eigenvalue weighted by atomic mass is 16.6. The van der Waals surface area contributed by atoms with Crippen molar-refractivity contribution in [2.45, 2.75) is 110 Å². The van der Waals surface area contributed by atoms with Gasteiger partial charge in [-0.3, -0.25) is 24.5 Å². The van der Waals surface area contributed by atoms with Gasteiger partial charge in [-0.1, -0.05) is 25.9 Å². The lowest BCUT2D eigenvalue weighted by atomic mass is 9.44. The van der Waals surface area contributed by atoms with Crippen LogP contribution in [-0.2, 0) is 33.3 Å². The maximum atomic E-state index is 13.3. The summed E-state index contributed by atoms with van der Waals surface area (Å²) in [6, 6.07) is 3.47. The number of ether oxygens (including phenoxy) is 4. The number of carbonyl (C=O) groups excluding carboxylic acids is 3. The van der Waals surface area contributed by atoms with Gasteiger partial charge in [0.25, 0.3) is 11.6 Å². The number of aliphatic carboxylic acids is 1. The van der Waals surface area contributed by atoms with Crippen molar-refractivity contribution in [3.8, 4) is 0 Å². The van der Waals surface area contributed by atoms with Crippen LogP contribution in [0.25, 0.3) is 10.4 Å². The Morgan fingerprint density at radius 3 is 2.35 bits per heavy atom. The summed E-state index contributed by atoms with van der Waals surface area (Å²) in [4.78, 5) is 63.5. The molecular weight excluding hydrogens is 738 g/mol. The van der Waals surface area contributed by atoms with Crippen LogP contribution in [0.5, 0.6) is 0 Å². The van der Waals surface area contributed by atoms with Crippen LogP contribution in [0, 0.1) is 56.5 Å². The Bertz CT molecular complexity index is 1640. The number of nitro groups is 1. The molecule has 4 fully saturated rings. The monoisotopic (exact) mass is 797 g/mol. The molecule has 10 atom stereocenters. The third-order valence-corrected chi connectivity index (χ3v) is 14.0. The van der Waals surface area contributed by atoms with Crippen LogP contribution in [0.2, 0.25) is 0 Å². The number of carbonyl (C=O) groups is 4. The minimum Gasteiger partial charge on any atom is -0.481 e. The molecular formula is C41H59N5O11. The number of non-ortho nitro benzene ring substituents is 1. The first-order valence-electron chi connectivity index (χ1n) is 20.6. The molecule has 0 spiro atoms. The molecule has 0 radical (unpaired) electrons. The van der Waals surface area contributed by atoms with Gasteiger partial charge < -0.3 is 29.4 Å². The summed E-state index contributed by atoms with van der Waals surface area (Å²) < 4.78 is 22.1. The van der Waals surface area contributed by atoms with Crippen molar-refractivity contribution in [2.75, 3.05) is 39.6 Å². The Morgan fingerprint density at radius 1 is 0.965 bits per heavy atom. The Labute approximate surface area is 333 Å². The molecule has 1 aromatic rings. The van der Waals surface area contributed by atoms with E-state index in [9.17, 15) is 34.4 Å². The number of benzene rings is 1. The van der Waals surface area contributed by atoms with Gasteiger partial charge in [0, 0.05) is 35.6 Å². The Kier molecular flexibility index (Phi) is 15.3. The number of carboxylic acids is 1. The molecule has 0 bridgehead atoms. The predicted octanol–water partition coefficient (Wildman–Crippen LogP) is 7.04. The Hall–Kier alpha value is -4.27. The van der Waals surface area contributed by atoms with Gasteiger partial charge >= 0.3 is 17.9 Å². The van der Waals surface area contributed by atoms with Gasteiger partial charge in [-0.05, 0) is 128 Å². The number of nitrogens with zero attached hydrogens (tertiary/aromatic N) is 4. The zero-order valence-corrected chi connectivity index (χ0v) is 33.5. The van der Waals surface area contributed by atoms with Gasteiger partial charge in [-0.15, -0.1) is 0 Å². The zero-order chi connectivity index (χ0) is 41.2. The van der Waals surface area contributed by atoms with E-state index in [2.05, 4.69) is 36.1 Å². The Morgan fingerprint density at radius 2 is 1.65 bits per heavy atom. The van der Waals surface area contributed by atoms with E-state index in [1.54, 1.807) is 0 Å². The first-order chi connectivity index (χ1) is 27.3. The Balaban J connectivity index is 1.08. The minimum absolute atomic E-state index is 0.0691. The van der Waals surface area contributed by atoms with Gasteiger partial charge in [0.1, 0.15) is 18.8 Å². The second-order valence-electron chi connectivity index (χ2n) is 17.1. The number of fused-ring (bicyclic) bond motifs is 5. The molecule has 4 aliphatic rings. The molecule has 0 heterocycles. The normalized spacial score (nSPS) is 29.9. The van der Waals surface area contributed by atoms with Crippen molar-refractivity contribution in [1.82, 2.24) is 5.32 Å². The first-order valence-corrected chi connectivity index (χ1v) is 20.6. The summed E-state index contributed by atoms with van der Waals surface area (Å²) in [5.41, 5.74) is 8.49. The molecule has 1 amide bonds. The van der Waals surface area contributed by atoms with E-state index in [0.717, 1.165) is 38.5 Å². The standard InChI is InChI=1S/C41H59N5O11/c1-26(4-13-37(49)56-23-22-55-21-20-54-19-18-43-45-42)32-11-12-33-31-10-7-28-24-30(14-16-40(28,2)34(31)15-17-41(32,33)3)57-39(51)35(25-36(47)48)44-38(50)27-5-8-29(9-6-27)46(52)53/h5-6,8-9,26,28,30-35H,4,7,10-25H2,1-3H3,(H,44,50)(H,47,48)/t26-,28-,30-,31+,32-,33+,34+,35+,40+,41-/m1/s1. The summed E-state index contributed by atoms with van der Waals surface area (Å²) in [7, 11) is 0. The number of hydrogen-bond acceptors (Lipinski definition) is 11. The number of hydrogen-bond donors (Lipinski definition) is 2. The maximum Gasteiger partial charge on any atom is 0.329 e. The molecule has 16 nitrogen and oxygen atoms in total. The summed E-state index contributed by atoms with van der Waals surface area (Å²) in [5.74, 6) is 0.243. The van der Waals surface area contributed by atoms with Gasteiger partial charge in [0.2, 0.25) is 0 Å². The molecule has 0 aliphatic heterocycles. The van der Waals surface area contributed by atoms with E-state index < -0.39 is 35.2 Å². The van der Waals surface area contributed by atoms with E-state index in [-0.39, 0.29) is 47.3 Å². The lowest BCUT2D eigenvalue weighted by molar-refractivity contribution is -0.384. The van der Waals surface area contributed by atoms with E-state index in [1.165, 1.54) is 37.1 Å². The van der Waals surface area contributed by atoms with Gasteiger partial charge in [0.15, 0.2) is 0 Å².